The number of para-hydroxylation sites is 1. The molecule has 1 amide bonds. The molecule has 5 heteroatoms. The Morgan fingerprint density at radius 2 is 2.37 bits per heavy atom. The molecule has 0 radical (unpaired) electrons. The Morgan fingerprint density at radius 3 is 3.11 bits per heavy atom. The van der Waals surface area contributed by atoms with E-state index in [9.17, 15) is 4.79 Å². The van der Waals surface area contributed by atoms with Crippen molar-refractivity contribution < 1.29 is 14.3 Å². The van der Waals surface area contributed by atoms with Crippen molar-refractivity contribution >= 4 is 17.5 Å². The summed E-state index contributed by atoms with van der Waals surface area (Å²) in [5, 5.41) is 2.89. The largest absolute Gasteiger partial charge is 0.492 e. The van der Waals surface area contributed by atoms with E-state index >= 15 is 0 Å². The zero-order chi connectivity index (χ0) is 13.7. The highest BCUT2D eigenvalue weighted by atomic mass is 35.5. The maximum Gasteiger partial charge on any atom is 0.227 e. The molecule has 19 heavy (non-hydrogen) atoms. The minimum absolute atomic E-state index is 0.0304. The zero-order valence-electron chi connectivity index (χ0n) is 10.9. The molecule has 1 aromatic rings. The van der Waals surface area contributed by atoms with Gasteiger partial charge in [0.25, 0.3) is 0 Å². The van der Waals surface area contributed by atoms with Gasteiger partial charge in [-0.25, -0.2) is 0 Å². The van der Waals surface area contributed by atoms with Crippen molar-refractivity contribution in [2.75, 3.05) is 26.2 Å². The van der Waals surface area contributed by atoms with E-state index in [-0.39, 0.29) is 17.9 Å². The molecule has 104 valence electrons. The molecule has 0 bridgehead atoms. The number of methoxy groups -OCH3 is 1. The van der Waals surface area contributed by atoms with Crippen LogP contribution < -0.4 is 10.1 Å². The number of fused-ring (bicyclic) bond motifs is 1. The van der Waals surface area contributed by atoms with Crippen LogP contribution in [0.3, 0.4) is 0 Å². The number of ether oxygens (including phenoxy) is 2. The predicted molar refractivity (Wildman–Crippen MR) is 73.7 cm³/mol. The first-order valence-electron chi connectivity index (χ1n) is 6.30. The third-order valence-corrected chi connectivity index (χ3v) is 3.52. The van der Waals surface area contributed by atoms with Gasteiger partial charge in [-0.15, -0.1) is 11.6 Å². The van der Waals surface area contributed by atoms with E-state index in [4.69, 9.17) is 21.1 Å². The molecule has 2 unspecified atom stereocenters. The van der Waals surface area contributed by atoms with Crippen molar-refractivity contribution in [2.24, 2.45) is 5.92 Å². The van der Waals surface area contributed by atoms with Crippen LogP contribution in [-0.4, -0.2) is 38.2 Å². The third-order valence-electron chi connectivity index (χ3n) is 3.15. The average Bonchev–Trinajstić information content (AvgIpc) is 2.46. The summed E-state index contributed by atoms with van der Waals surface area (Å²) in [4.78, 5) is 12.1. The molecule has 1 aromatic carbocycles. The minimum Gasteiger partial charge on any atom is -0.492 e. The summed E-state index contributed by atoms with van der Waals surface area (Å²) in [7, 11) is 1.59. The Morgan fingerprint density at radius 1 is 1.58 bits per heavy atom. The number of hydrogen-bond acceptors (Lipinski definition) is 3. The number of nitrogens with one attached hydrogen (secondary N) is 1. The van der Waals surface area contributed by atoms with Crippen LogP contribution in [0.25, 0.3) is 0 Å². The summed E-state index contributed by atoms with van der Waals surface area (Å²) in [6.07, 6.45) is 0.698. The molecule has 1 N–H and O–H groups in total. The second-order valence-corrected chi connectivity index (χ2v) is 4.94. The first-order valence-corrected chi connectivity index (χ1v) is 6.84. The van der Waals surface area contributed by atoms with Crippen LogP contribution in [-0.2, 0) is 16.0 Å². The van der Waals surface area contributed by atoms with E-state index in [1.165, 1.54) is 0 Å². The highest BCUT2D eigenvalue weighted by Gasteiger charge is 2.27. The van der Waals surface area contributed by atoms with Crippen LogP contribution in [0.2, 0.25) is 0 Å². The summed E-state index contributed by atoms with van der Waals surface area (Å²) in [5.41, 5.74) is 1.07. The van der Waals surface area contributed by atoms with E-state index in [0.29, 0.717) is 25.5 Å². The average molecular weight is 284 g/mol. The molecule has 2 rings (SSSR count). The third kappa shape index (κ3) is 3.61. The van der Waals surface area contributed by atoms with Crippen molar-refractivity contribution in [2.45, 2.75) is 12.5 Å². The Bertz CT molecular complexity index is 438. The van der Waals surface area contributed by atoms with Gasteiger partial charge in [0, 0.05) is 13.0 Å². The van der Waals surface area contributed by atoms with E-state index in [1.807, 2.05) is 24.3 Å². The number of carbonyl (C=O) groups excluding carboxylic acids is 1. The van der Waals surface area contributed by atoms with Gasteiger partial charge in [0.2, 0.25) is 5.91 Å². The number of rotatable bonds is 5. The quantitative estimate of drug-likeness (QED) is 0.835. The van der Waals surface area contributed by atoms with Gasteiger partial charge in [0.05, 0.1) is 18.6 Å². The van der Waals surface area contributed by atoms with Gasteiger partial charge in [-0.3, -0.25) is 4.79 Å². The van der Waals surface area contributed by atoms with Gasteiger partial charge in [-0.05, 0) is 18.1 Å². The van der Waals surface area contributed by atoms with Gasteiger partial charge in [0.15, 0.2) is 0 Å². The molecular formula is C14H18ClNO3. The molecule has 2 atom stereocenters. The van der Waals surface area contributed by atoms with Crippen LogP contribution in [0.1, 0.15) is 5.56 Å². The number of amides is 1. The molecular weight excluding hydrogens is 266 g/mol. The predicted octanol–water partition coefficient (Wildman–Crippen LogP) is 1.61. The Balaban J connectivity index is 1.95. The minimum atomic E-state index is -0.169. The van der Waals surface area contributed by atoms with Crippen molar-refractivity contribution in [3.8, 4) is 5.75 Å². The molecule has 0 saturated heterocycles. The van der Waals surface area contributed by atoms with Crippen molar-refractivity contribution in [3.63, 3.8) is 0 Å². The SMILES string of the molecule is COCC(CCl)NC(=O)C1COc2ccccc2C1. The normalized spacial score (nSPS) is 19.2. The lowest BCUT2D eigenvalue weighted by molar-refractivity contribution is -0.127. The van der Waals surface area contributed by atoms with Crippen LogP contribution in [0.15, 0.2) is 24.3 Å². The van der Waals surface area contributed by atoms with Gasteiger partial charge in [0.1, 0.15) is 12.4 Å². The highest BCUT2D eigenvalue weighted by Crippen LogP contribution is 2.26. The Labute approximate surface area is 118 Å². The number of alkyl halides is 1. The van der Waals surface area contributed by atoms with Crippen LogP contribution >= 0.6 is 11.6 Å². The fraction of sp³-hybridized carbons (Fsp3) is 0.500. The second-order valence-electron chi connectivity index (χ2n) is 4.63. The fourth-order valence-corrected chi connectivity index (χ4v) is 2.31. The Hall–Kier alpha value is -1.26. The van der Waals surface area contributed by atoms with E-state index < -0.39 is 0 Å². The highest BCUT2D eigenvalue weighted by molar-refractivity contribution is 6.18. The first kappa shape index (κ1) is 14.2. The molecule has 0 aromatic heterocycles. The molecule has 0 saturated carbocycles. The summed E-state index contributed by atoms with van der Waals surface area (Å²) in [6.45, 7) is 0.824. The van der Waals surface area contributed by atoms with E-state index in [1.54, 1.807) is 7.11 Å². The molecule has 1 heterocycles. The number of halogens is 1. The van der Waals surface area contributed by atoms with Crippen LogP contribution in [0, 0.1) is 5.92 Å². The smallest absolute Gasteiger partial charge is 0.227 e. The standard InChI is InChI=1S/C14H18ClNO3/c1-18-9-12(7-15)16-14(17)11-6-10-4-2-3-5-13(10)19-8-11/h2-5,11-12H,6-9H2,1H3,(H,16,17). The van der Waals surface area contributed by atoms with E-state index in [0.717, 1.165) is 11.3 Å². The summed E-state index contributed by atoms with van der Waals surface area (Å²) < 4.78 is 10.6. The molecule has 4 nitrogen and oxygen atoms in total. The van der Waals surface area contributed by atoms with E-state index in [2.05, 4.69) is 5.32 Å². The first-order chi connectivity index (χ1) is 9.24. The molecule has 1 aliphatic heterocycles. The summed E-state index contributed by atoms with van der Waals surface area (Å²) >= 11 is 5.78. The zero-order valence-corrected chi connectivity index (χ0v) is 11.7. The van der Waals surface area contributed by atoms with Crippen LogP contribution in [0.4, 0.5) is 0 Å². The maximum absolute atomic E-state index is 12.1. The fourth-order valence-electron chi connectivity index (χ4n) is 2.14. The molecule has 0 fully saturated rings. The lowest BCUT2D eigenvalue weighted by Gasteiger charge is -2.26. The van der Waals surface area contributed by atoms with Crippen LogP contribution in [0.5, 0.6) is 5.75 Å². The Kier molecular flexibility index (Phi) is 5.05. The molecule has 0 spiro atoms. The maximum atomic E-state index is 12.1. The summed E-state index contributed by atoms with van der Waals surface area (Å²) in [5.74, 6) is 1.01. The van der Waals surface area contributed by atoms with Gasteiger partial charge in [-0.2, -0.15) is 0 Å². The number of carbonyl (C=O) groups is 1. The second kappa shape index (κ2) is 6.78. The lowest BCUT2D eigenvalue weighted by atomic mass is 9.96. The van der Waals surface area contributed by atoms with Crippen molar-refractivity contribution in [3.05, 3.63) is 29.8 Å². The number of benzene rings is 1. The molecule has 0 aliphatic carbocycles. The summed E-state index contributed by atoms with van der Waals surface area (Å²) in [6, 6.07) is 7.64. The monoisotopic (exact) mass is 283 g/mol. The van der Waals surface area contributed by atoms with Crippen molar-refractivity contribution in [1.82, 2.24) is 5.32 Å². The van der Waals surface area contributed by atoms with Gasteiger partial charge in [-0.1, -0.05) is 18.2 Å². The molecule has 1 aliphatic rings. The van der Waals surface area contributed by atoms with Gasteiger partial charge >= 0.3 is 0 Å². The van der Waals surface area contributed by atoms with Crippen molar-refractivity contribution in [1.29, 1.82) is 0 Å². The van der Waals surface area contributed by atoms with Gasteiger partial charge < -0.3 is 14.8 Å². The number of hydrogen-bond donors (Lipinski definition) is 1. The lowest BCUT2D eigenvalue weighted by Crippen LogP contribution is -2.45. The topological polar surface area (TPSA) is 47.6 Å².